The molecule has 146 valence electrons. The molecular weight excluding hydrogens is 342 g/mol. The van der Waals surface area contributed by atoms with Crippen molar-refractivity contribution < 1.29 is 9.32 Å². The van der Waals surface area contributed by atoms with Crippen LogP contribution in [0.5, 0.6) is 0 Å². The Labute approximate surface area is 160 Å². The van der Waals surface area contributed by atoms with Gasteiger partial charge in [0.25, 0.3) is 0 Å². The van der Waals surface area contributed by atoms with E-state index in [1.54, 1.807) is 0 Å². The third-order valence-corrected chi connectivity index (χ3v) is 4.96. The van der Waals surface area contributed by atoms with E-state index >= 15 is 0 Å². The number of amides is 2. The van der Waals surface area contributed by atoms with Crippen LogP contribution in [0.2, 0.25) is 0 Å². The number of benzene rings is 1. The highest BCUT2D eigenvalue weighted by atomic mass is 16.5. The maximum Gasteiger partial charge on any atom is 0.319 e. The number of carbonyl (C=O) groups excluding carboxylic acids is 1. The normalized spacial score (nSPS) is 17.6. The van der Waals surface area contributed by atoms with E-state index in [0.29, 0.717) is 37.1 Å². The Hall–Kier alpha value is -2.41. The summed E-state index contributed by atoms with van der Waals surface area (Å²) in [6.45, 7) is 6.79. The molecule has 1 fully saturated rings. The molecule has 0 unspecified atom stereocenters. The number of likely N-dealkylation sites (tertiary alicyclic amines) is 1. The average Bonchev–Trinajstić information content (AvgIpc) is 3.12. The summed E-state index contributed by atoms with van der Waals surface area (Å²) < 4.78 is 5.06. The predicted octanol–water partition coefficient (Wildman–Crippen LogP) is 3.37. The lowest BCUT2D eigenvalue weighted by Gasteiger charge is -2.33. The van der Waals surface area contributed by atoms with Gasteiger partial charge in [0.1, 0.15) is 0 Å². The molecule has 3 rings (SSSR count). The summed E-state index contributed by atoms with van der Waals surface area (Å²) in [5.74, 6) is 1.24. The van der Waals surface area contributed by atoms with Gasteiger partial charge in [0.15, 0.2) is 5.82 Å². The molecule has 2 aromatic rings. The van der Waals surface area contributed by atoms with E-state index in [2.05, 4.69) is 38.7 Å². The Morgan fingerprint density at radius 2 is 2.26 bits per heavy atom. The molecule has 0 bridgehead atoms. The lowest BCUT2D eigenvalue weighted by Crippen LogP contribution is -2.36. The zero-order chi connectivity index (χ0) is 19.1. The molecule has 27 heavy (non-hydrogen) atoms. The second-order valence-electron chi connectivity index (χ2n) is 7.10. The van der Waals surface area contributed by atoms with Gasteiger partial charge in [0, 0.05) is 37.7 Å². The van der Waals surface area contributed by atoms with E-state index in [-0.39, 0.29) is 6.03 Å². The number of aromatic nitrogens is 2. The van der Waals surface area contributed by atoms with Crippen molar-refractivity contribution in [3.63, 3.8) is 0 Å². The monoisotopic (exact) mass is 371 g/mol. The van der Waals surface area contributed by atoms with Crippen LogP contribution in [0, 0.1) is 0 Å². The molecular formula is C20H29N5O2. The van der Waals surface area contributed by atoms with Crippen molar-refractivity contribution in [1.29, 1.82) is 0 Å². The third-order valence-electron chi connectivity index (χ3n) is 4.96. The number of anilines is 1. The van der Waals surface area contributed by atoms with E-state index < -0.39 is 0 Å². The molecule has 7 nitrogen and oxygen atoms in total. The largest absolute Gasteiger partial charge is 0.339 e. The van der Waals surface area contributed by atoms with Gasteiger partial charge in [-0.3, -0.25) is 4.90 Å². The van der Waals surface area contributed by atoms with Crippen LogP contribution in [0.15, 0.2) is 28.8 Å². The van der Waals surface area contributed by atoms with Crippen molar-refractivity contribution in [3.8, 4) is 0 Å². The van der Waals surface area contributed by atoms with E-state index in [4.69, 9.17) is 4.52 Å². The van der Waals surface area contributed by atoms with Gasteiger partial charge < -0.3 is 15.2 Å². The third kappa shape index (κ3) is 5.79. The summed E-state index contributed by atoms with van der Waals surface area (Å²) in [4.78, 5) is 18.9. The first-order chi connectivity index (χ1) is 13.1. The zero-order valence-electron chi connectivity index (χ0n) is 16.2. The van der Waals surface area contributed by atoms with Crippen molar-refractivity contribution in [2.75, 3.05) is 18.4 Å². The van der Waals surface area contributed by atoms with E-state index in [1.807, 2.05) is 25.1 Å². The molecule has 1 atom stereocenters. The number of rotatable bonds is 7. The number of aryl methyl sites for hydroxylation is 1. The SMILES string of the molecule is CCc1nc(CCNC(=O)Nc2cccc(CN3CCCC[C@H]3C)c2)no1. The van der Waals surface area contributed by atoms with Crippen molar-refractivity contribution in [2.45, 2.75) is 58.5 Å². The Kier molecular flexibility index (Phi) is 6.81. The molecule has 1 aliphatic heterocycles. The zero-order valence-corrected chi connectivity index (χ0v) is 16.2. The maximum absolute atomic E-state index is 12.1. The van der Waals surface area contributed by atoms with Crippen molar-refractivity contribution in [2.24, 2.45) is 0 Å². The average molecular weight is 371 g/mol. The minimum atomic E-state index is -0.224. The fraction of sp³-hybridized carbons (Fsp3) is 0.550. The Morgan fingerprint density at radius 1 is 1.37 bits per heavy atom. The molecule has 0 spiro atoms. The number of nitrogens with one attached hydrogen (secondary N) is 2. The van der Waals surface area contributed by atoms with Gasteiger partial charge in [0.05, 0.1) is 0 Å². The minimum absolute atomic E-state index is 0.224. The van der Waals surface area contributed by atoms with Crippen LogP contribution in [-0.2, 0) is 19.4 Å². The summed E-state index contributed by atoms with van der Waals surface area (Å²) in [5, 5.41) is 9.61. The second-order valence-corrected chi connectivity index (χ2v) is 7.10. The fourth-order valence-electron chi connectivity index (χ4n) is 3.37. The van der Waals surface area contributed by atoms with Crippen molar-refractivity contribution in [3.05, 3.63) is 41.5 Å². The highest BCUT2D eigenvalue weighted by Gasteiger charge is 2.18. The topological polar surface area (TPSA) is 83.3 Å². The number of nitrogens with zero attached hydrogens (tertiary/aromatic N) is 3. The van der Waals surface area contributed by atoms with E-state index in [1.165, 1.54) is 24.8 Å². The predicted molar refractivity (Wildman–Crippen MR) is 105 cm³/mol. The number of piperidine rings is 1. The molecule has 0 saturated carbocycles. The summed E-state index contributed by atoms with van der Waals surface area (Å²) in [6, 6.07) is 8.47. The van der Waals surface area contributed by atoms with Gasteiger partial charge in [-0.05, 0) is 44.0 Å². The first-order valence-corrected chi connectivity index (χ1v) is 9.83. The summed E-state index contributed by atoms with van der Waals surface area (Å²) in [5.41, 5.74) is 2.03. The van der Waals surface area contributed by atoms with Crippen LogP contribution in [0.4, 0.5) is 10.5 Å². The molecule has 0 aliphatic carbocycles. The molecule has 2 heterocycles. The lowest BCUT2D eigenvalue weighted by molar-refractivity contribution is 0.152. The maximum atomic E-state index is 12.1. The Morgan fingerprint density at radius 3 is 3.04 bits per heavy atom. The molecule has 7 heteroatoms. The smallest absolute Gasteiger partial charge is 0.319 e. The van der Waals surface area contributed by atoms with Gasteiger partial charge in [0.2, 0.25) is 5.89 Å². The van der Waals surface area contributed by atoms with Crippen LogP contribution in [0.25, 0.3) is 0 Å². The van der Waals surface area contributed by atoms with Crippen molar-refractivity contribution >= 4 is 11.7 Å². The molecule has 0 radical (unpaired) electrons. The van der Waals surface area contributed by atoms with Crippen LogP contribution in [0.1, 0.15) is 50.4 Å². The van der Waals surface area contributed by atoms with Gasteiger partial charge in [-0.25, -0.2) is 4.79 Å². The van der Waals surface area contributed by atoms with Crippen molar-refractivity contribution in [1.82, 2.24) is 20.4 Å². The van der Waals surface area contributed by atoms with Gasteiger partial charge in [-0.2, -0.15) is 4.98 Å². The molecule has 1 saturated heterocycles. The van der Waals surface area contributed by atoms with Crippen LogP contribution in [0.3, 0.4) is 0 Å². The number of carbonyl (C=O) groups is 1. The van der Waals surface area contributed by atoms with Crippen LogP contribution < -0.4 is 10.6 Å². The molecule has 1 aromatic carbocycles. The lowest BCUT2D eigenvalue weighted by atomic mass is 10.0. The number of hydrogen-bond acceptors (Lipinski definition) is 5. The first-order valence-electron chi connectivity index (χ1n) is 9.83. The van der Waals surface area contributed by atoms with Gasteiger partial charge in [-0.15, -0.1) is 0 Å². The highest BCUT2D eigenvalue weighted by Crippen LogP contribution is 2.20. The first kappa shape index (κ1) is 19.4. The molecule has 1 aliphatic rings. The summed E-state index contributed by atoms with van der Waals surface area (Å²) in [6.07, 6.45) is 5.12. The van der Waals surface area contributed by atoms with E-state index in [9.17, 15) is 4.79 Å². The Balaban J connectivity index is 1.46. The summed E-state index contributed by atoms with van der Waals surface area (Å²) >= 11 is 0. The van der Waals surface area contributed by atoms with Gasteiger partial charge in [-0.1, -0.05) is 30.6 Å². The second kappa shape index (κ2) is 9.50. The fourth-order valence-corrected chi connectivity index (χ4v) is 3.37. The standard InChI is InChI=1S/C20H29N5O2/c1-3-19-23-18(24-27-19)10-11-21-20(26)22-17-9-6-8-16(13-17)14-25-12-5-4-7-15(25)2/h6,8-9,13,15H,3-5,7,10-12,14H2,1-2H3,(H2,21,22,26)/t15-/m1/s1. The molecule has 2 N–H and O–H groups in total. The highest BCUT2D eigenvalue weighted by molar-refractivity contribution is 5.89. The van der Waals surface area contributed by atoms with Crippen LogP contribution in [-0.4, -0.2) is 40.2 Å². The number of hydrogen-bond donors (Lipinski definition) is 2. The Bertz CT molecular complexity index is 745. The molecule has 1 aromatic heterocycles. The number of urea groups is 1. The quantitative estimate of drug-likeness (QED) is 0.780. The molecule has 2 amide bonds. The van der Waals surface area contributed by atoms with Crippen LogP contribution >= 0.6 is 0 Å². The van der Waals surface area contributed by atoms with Gasteiger partial charge >= 0.3 is 6.03 Å². The van der Waals surface area contributed by atoms with E-state index in [0.717, 1.165) is 18.8 Å². The minimum Gasteiger partial charge on any atom is -0.339 e. The summed E-state index contributed by atoms with van der Waals surface area (Å²) in [7, 11) is 0.